The number of ether oxygens (including phenoxy) is 1. The summed E-state index contributed by atoms with van der Waals surface area (Å²) in [5, 5.41) is 3.76. The van der Waals surface area contributed by atoms with Crippen LogP contribution in [-0.2, 0) is 16.1 Å². The highest BCUT2D eigenvalue weighted by Crippen LogP contribution is 2.48. The standard InChI is InChI=1S/C22H24ClN3O2/c1-2-28-12-6-11-26-20-10-4-3-9-19(20)24-22(26)25-21(27)18-14-17(18)15-7-5-8-16(23)13-15/h3-5,7-10,13,17-18H,2,6,11-12,14H2,1H3,(H,24,25,27). The van der Waals surface area contributed by atoms with Crippen molar-refractivity contribution in [2.75, 3.05) is 18.5 Å². The Morgan fingerprint density at radius 2 is 2.14 bits per heavy atom. The lowest BCUT2D eigenvalue weighted by Gasteiger charge is -2.10. The van der Waals surface area contributed by atoms with Gasteiger partial charge >= 0.3 is 0 Å². The molecular weight excluding hydrogens is 374 g/mol. The molecule has 2 aromatic carbocycles. The first-order valence-corrected chi connectivity index (χ1v) is 10.1. The maximum atomic E-state index is 12.8. The monoisotopic (exact) mass is 397 g/mol. The fourth-order valence-corrected chi connectivity index (χ4v) is 3.86. The summed E-state index contributed by atoms with van der Waals surface area (Å²) in [5.74, 6) is 0.829. The van der Waals surface area contributed by atoms with Gasteiger partial charge in [0.2, 0.25) is 11.9 Å². The molecule has 0 aliphatic heterocycles. The number of hydrogen-bond acceptors (Lipinski definition) is 3. The van der Waals surface area contributed by atoms with Crippen molar-refractivity contribution in [1.29, 1.82) is 0 Å². The summed E-state index contributed by atoms with van der Waals surface area (Å²) in [4.78, 5) is 17.5. The molecule has 1 aromatic heterocycles. The third-order valence-electron chi connectivity index (χ3n) is 5.17. The zero-order valence-electron chi connectivity index (χ0n) is 15.9. The number of benzene rings is 2. The van der Waals surface area contributed by atoms with Crippen molar-refractivity contribution < 1.29 is 9.53 Å². The number of aryl methyl sites for hydroxylation is 1. The predicted octanol–water partition coefficient (Wildman–Crippen LogP) is 4.86. The predicted molar refractivity (Wildman–Crippen MR) is 112 cm³/mol. The van der Waals surface area contributed by atoms with Gasteiger partial charge in [0, 0.05) is 30.7 Å². The molecule has 2 atom stereocenters. The summed E-state index contributed by atoms with van der Waals surface area (Å²) in [6.07, 6.45) is 1.71. The number of rotatable bonds is 8. The number of carbonyl (C=O) groups is 1. The molecule has 0 bridgehead atoms. The van der Waals surface area contributed by atoms with Crippen LogP contribution in [0.15, 0.2) is 48.5 Å². The second-order valence-electron chi connectivity index (χ2n) is 7.12. The number of hydrogen-bond donors (Lipinski definition) is 1. The van der Waals surface area contributed by atoms with Crippen molar-refractivity contribution in [3.63, 3.8) is 0 Å². The number of nitrogens with one attached hydrogen (secondary N) is 1. The minimum Gasteiger partial charge on any atom is -0.382 e. The number of aromatic nitrogens is 2. The Hall–Kier alpha value is -2.37. The number of anilines is 1. The highest BCUT2D eigenvalue weighted by molar-refractivity contribution is 6.30. The molecular formula is C22H24ClN3O2. The Balaban J connectivity index is 1.49. The van der Waals surface area contributed by atoms with Crippen LogP contribution >= 0.6 is 11.6 Å². The number of imidazole rings is 1. The molecule has 0 saturated heterocycles. The molecule has 28 heavy (non-hydrogen) atoms. The molecule has 1 aliphatic rings. The molecule has 1 fully saturated rings. The largest absolute Gasteiger partial charge is 0.382 e. The second kappa shape index (κ2) is 8.33. The van der Waals surface area contributed by atoms with E-state index in [1.807, 2.05) is 55.5 Å². The molecule has 5 nitrogen and oxygen atoms in total. The van der Waals surface area contributed by atoms with Gasteiger partial charge in [0.25, 0.3) is 0 Å². The summed E-state index contributed by atoms with van der Waals surface area (Å²) < 4.78 is 7.53. The van der Waals surface area contributed by atoms with Crippen LogP contribution in [0, 0.1) is 5.92 Å². The third kappa shape index (κ3) is 4.05. The van der Waals surface area contributed by atoms with E-state index >= 15 is 0 Å². The van der Waals surface area contributed by atoms with Crippen LogP contribution in [0.2, 0.25) is 5.02 Å². The van der Waals surface area contributed by atoms with Gasteiger partial charge in [0.15, 0.2) is 0 Å². The first-order chi connectivity index (χ1) is 13.7. The fraction of sp³-hybridized carbons (Fsp3) is 0.364. The van der Waals surface area contributed by atoms with Gasteiger partial charge in [-0.3, -0.25) is 10.1 Å². The van der Waals surface area contributed by atoms with Crippen molar-refractivity contribution in [2.45, 2.75) is 32.2 Å². The topological polar surface area (TPSA) is 56.1 Å². The van der Waals surface area contributed by atoms with Gasteiger partial charge in [-0.1, -0.05) is 35.9 Å². The lowest BCUT2D eigenvalue weighted by atomic mass is 10.1. The quantitative estimate of drug-likeness (QED) is 0.552. The number of halogens is 1. The third-order valence-corrected chi connectivity index (χ3v) is 5.40. The van der Waals surface area contributed by atoms with Gasteiger partial charge in [-0.25, -0.2) is 4.98 Å². The molecule has 146 valence electrons. The zero-order valence-corrected chi connectivity index (χ0v) is 16.7. The van der Waals surface area contributed by atoms with Crippen LogP contribution < -0.4 is 5.32 Å². The van der Waals surface area contributed by atoms with Gasteiger partial charge in [-0.05, 0) is 55.5 Å². The smallest absolute Gasteiger partial charge is 0.230 e. The SMILES string of the molecule is CCOCCCn1c(NC(=O)C2CC2c2cccc(Cl)c2)nc2ccccc21. The van der Waals surface area contributed by atoms with Crippen molar-refractivity contribution in [2.24, 2.45) is 5.92 Å². The first kappa shape index (κ1) is 19.0. The summed E-state index contributed by atoms with van der Waals surface area (Å²) in [6.45, 7) is 4.14. The Labute approximate surface area is 169 Å². The van der Waals surface area contributed by atoms with E-state index in [-0.39, 0.29) is 17.7 Å². The van der Waals surface area contributed by atoms with Crippen LogP contribution in [0.25, 0.3) is 11.0 Å². The maximum Gasteiger partial charge on any atom is 0.230 e. The van der Waals surface area contributed by atoms with Crippen molar-refractivity contribution in [3.05, 3.63) is 59.1 Å². The maximum absolute atomic E-state index is 12.8. The molecule has 0 radical (unpaired) electrons. The number of nitrogens with zero attached hydrogens (tertiary/aromatic N) is 2. The number of amides is 1. The molecule has 1 N–H and O–H groups in total. The lowest BCUT2D eigenvalue weighted by molar-refractivity contribution is -0.117. The van der Waals surface area contributed by atoms with Crippen LogP contribution in [0.5, 0.6) is 0 Å². The van der Waals surface area contributed by atoms with Crippen LogP contribution in [0.1, 0.15) is 31.2 Å². The van der Waals surface area contributed by atoms with Crippen molar-refractivity contribution in [1.82, 2.24) is 9.55 Å². The number of fused-ring (bicyclic) bond motifs is 1. The van der Waals surface area contributed by atoms with Gasteiger partial charge in [-0.2, -0.15) is 0 Å². The van der Waals surface area contributed by atoms with Gasteiger partial charge in [0.1, 0.15) is 0 Å². The van der Waals surface area contributed by atoms with Gasteiger partial charge in [0.05, 0.1) is 11.0 Å². The highest BCUT2D eigenvalue weighted by Gasteiger charge is 2.44. The van der Waals surface area contributed by atoms with Gasteiger partial charge in [-0.15, -0.1) is 0 Å². The van der Waals surface area contributed by atoms with E-state index in [2.05, 4.69) is 14.9 Å². The Morgan fingerprint density at radius 3 is 2.96 bits per heavy atom. The second-order valence-corrected chi connectivity index (χ2v) is 7.56. The average molecular weight is 398 g/mol. The van der Waals surface area contributed by atoms with E-state index in [9.17, 15) is 4.79 Å². The summed E-state index contributed by atoms with van der Waals surface area (Å²) in [5.41, 5.74) is 3.03. The molecule has 2 unspecified atom stereocenters. The average Bonchev–Trinajstić information content (AvgIpc) is 3.43. The molecule has 3 aromatic rings. The van der Waals surface area contributed by atoms with E-state index in [1.165, 1.54) is 0 Å². The number of carbonyl (C=O) groups excluding carboxylic acids is 1. The highest BCUT2D eigenvalue weighted by atomic mass is 35.5. The van der Waals surface area contributed by atoms with Crippen LogP contribution in [0.4, 0.5) is 5.95 Å². The fourth-order valence-electron chi connectivity index (χ4n) is 3.66. The molecule has 6 heteroatoms. The normalized spacial score (nSPS) is 18.4. The molecule has 4 rings (SSSR count). The Kier molecular flexibility index (Phi) is 5.64. The molecule has 1 aliphatic carbocycles. The van der Waals surface area contributed by atoms with Crippen LogP contribution in [-0.4, -0.2) is 28.7 Å². The van der Waals surface area contributed by atoms with Gasteiger partial charge < -0.3 is 9.30 Å². The minimum absolute atomic E-state index is 0.0198. The van der Waals surface area contributed by atoms with Crippen LogP contribution in [0.3, 0.4) is 0 Å². The van der Waals surface area contributed by atoms with Crippen molar-refractivity contribution >= 4 is 34.5 Å². The van der Waals surface area contributed by atoms with E-state index in [0.29, 0.717) is 24.2 Å². The zero-order chi connectivity index (χ0) is 19.5. The molecule has 1 amide bonds. The van der Waals surface area contributed by atoms with E-state index in [1.54, 1.807) is 0 Å². The lowest BCUT2D eigenvalue weighted by Crippen LogP contribution is -2.18. The summed E-state index contributed by atoms with van der Waals surface area (Å²) in [7, 11) is 0. The van der Waals surface area contributed by atoms with E-state index in [4.69, 9.17) is 16.3 Å². The molecule has 0 spiro atoms. The Bertz CT molecular complexity index is 985. The van der Waals surface area contributed by atoms with Crippen molar-refractivity contribution in [3.8, 4) is 0 Å². The number of para-hydroxylation sites is 2. The molecule has 1 heterocycles. The summed E-state index contributed by atoms with van der Waals surface area (Å²) in [6, 6.07) is 15.7. The van der Waals surface area contributed by atoms with E-state index < -0.39 is 0 Å². The summed E-state index contributed by atoms with van der Waals surface area (Å²) >= 11 is 6.09. The van der Waals surface area contributed by atoms with E-state index in [0.717, 1.165) is 36.0 Å². The first-order valence-electron chi connectivity index (χ1n) is 9.76. The Morgan fingerprint density at radius 1 is 1.29 bits per heavy atom. The minimum atomic E-state index is -0.0323. The molecule has 1 saturated carbocycles.